The lowest BCUT2D eigenvalue weighted by Gasteiger charge is -2.33. The number of halogens is 3. The van der Waals surface area contributed by atoms with Crippen molar-refractivity contribution in [1.29, 1.82) is 0 Å². The molecule has 0 unspecified atom stereocenters. The van der Waals surface area contributed by atoms with Gasteiger partial charge in [-0.1, -0.05) is 23.2 Å². The average Bonchev–Trinajstić information content (AvgIpc) is 2.43. The van der Waals surface area contributed by atoms with E-state index in [1.807, 2.05) is 0 Å². The molecule has 0 bridgehead atoms. The molecule has 0 aliphatic carbocycles. The molecule has 1 fully saturated rings. The predicted octanol–water partition coefficient (Wildman–Crippen LogP) is 3.21. The normalized spacial score (nSPS) is 17.3. The number of carboxylic acids is 1. The quantitative estimate of drug-likeness (QED) is 0.820. The third kappa shape index (κ3) is 3.44. The van der Waals surface area contributed by atoms with E-state index in [0.29, 0.717) is 24.3 Å². The molecule has 1 aromatic rings. The molecule has 2 rings (SSSR count). The lowest BCUT2D eigenvalue weighted by molar-refractivity contribution is -0.144. The Morgan fingerprint density at radius 2 is 1.86 bits per heavy atom. The summed E-state index contributed by atoms with van der Waals surface area (Å²) in [6, 6.07) is 2.03. The van der Waals surface area contributed by atoms with Crippen molar-refractivity contribution in [3.63, 3.8) is 0 Å². The Morgan fingerprint density at radius 3 is 2.43 bits per heavy atom. The Kier molecular flexibility index (Phi) is 5.01. The summed E-state index contributed by atoms with van der Waals surface area (Å²) in [4.78, 5) is 23.7. The Hall–Kier alpha value is -0.980. The third-order valence-electron chi connectivity index (χ3n) is 3.36. The van der Waals surface area contributed by atoms with E-state index in [9.17, 15) is 19.1 Å². The van der Waals surface area contributed by atoms with Crippen molar-refractivity contribution in [2.24, 2.45) is 0 Å². The SMILES string of the molecule is O=C(NC1(C(=O)O)CCSCC1)c1cc(F)c(Cl)cc1Cl. The standard InChI is InChI=1S/C13H12Cl2FNO3S/c14-8-6-9(15)10(16)5-7(8)11(18)17-13(12(19)20)1-3-21-4-2-13/h5-6H,1-4H2,(H,17,18)(H,19,20). The number of benzene rings is 1. The molecule has 2 N–H and O–H groups in total. The van der Waals surface area contributed by atoms with Crippen LogP contribution in [0.25, 0.3) is 0 Å². The average molecular weight is 352 g/mol. The number of hydrogen-bond acceptors (Lipinski definition) is 3. The Morgan fingerprint density at radius 1 is 1.24 bits per heavy atom. The van der Waals surface area contributed by atoms with Gasteiger partial charge >= 0.3 is 5.97 Å². The number of carbonyl (C=O) groups excluding carboxylic acids is 1. The minimum absolute atomic E-state index is 0.0235. The second kappa shape index (κ2) is 6.42. The van der Waals surface area contributed by atoms with Crippen LogP contribution in [0.4, 0.5) is 4.39 Å². The fourth-order valence-corrected chi connectivity index (χ4v) is 3.75. The first-order chi connectivity index (χ1) is 9.85. The predicted molar refractivity (Wildman–Crippen MR) is 80.8 cm³/mol. The molecule has 1 heterocycles. The van der Waals surface area contributed by atoms with E-state index >= 15 is 0 Å². The highest BCUT2D eigenvalue weighted by Crippen LogP contribution is 2.29. The third-order valence-corrected chi connectivity index (χ3v) is 4.95. The largest absolute Gasteiger partial charge is 0.480 e. The molecule has 4 nitrogen and oxygen atoms in total. The number of aliphatic carboxylic acids is 1. The van der Waals surface area contributed by atoms with E-state index in [1.54, 1.807) is 11.8 Å². The maximum Gasteiger partial charge on any atom is 0.329 e. The molecule has 1 saturated heterocycles. The van der Waals surface area contributed by atoms with Crippen molar-refractivity contribution >= 4 is 46.8 Å². The topological polar surface area (TPSA) is 66.4 Å². The number of amides is 1. The van der Waals surface area contributed by atoms with Gasteiger partial charge in [-0.2, -0.15) is 11.8 Å². The summed E-state index contributed by atoms with van der Waals surface area (Å²) >= 11 is 13.1. The van der Waals surface area contributed by atoms with Crippen molar-refractivity contribution in [3.8, 4) is 0 Å². The van der Waals surface area contributed by atoms with Gasteiger partial charge < -0.3 is 10.4 Å². The van der Waals surface area contributed by atoms with Gasteiger partial charge in [-0.15, -0.1) is 0 Å². The van der Waals surface area contributed by atoms with Crippen molar-refractivity contribution in [2.75, 3.05) is 11.5 Å². The van der Waals surface area contributed by atoms with Crippen LogP contribution in [0, 0.1) is 5.82 Å². The van der Waals surface area contributed by atoms with Crippen LogP contribution >= 0.6 is 35.0 Å². The monoisotopic (exact) mass is 351 g/mol. The highest BCUT2D eigenvalue weighted by molar-refractivity contribution is 7.99. The molecule has 1 aromatic carbocycles. The molecule has 1 amide bonds. The zero-order chi connectivity index (χ0) is 15.6. The number of rotatable bonds is 3. The van der Waals surface area contributed by atoms with E-state index in [4.69, 9.17) is 23.2 Å². The van der Waals surface area contributed by atoms with Gasteiger partial charge in [0.1, 0.15) is 11.4 Å². The molecule has 114 valence electrons. The fourth-order valence-electron chi connectivity index (χ4n) is 2.09. The molecule has 1 aliphatic rings. The van der Waals surface area contributed by atoms with Crippen LogP contribution < -0.4 is 5.32 Å². The molecule has 8 heteroatoms. The van der Waals surface area contributed by atoms with Crippen LogP contribution in [-0.4, -0.2) is 34.0 Å². The number of nitrogens with one attached hydrogen (secondary N) is 1. The van der Waals surface area contributed by atoms with Crippen LogP contribution in [0.1, 0.15) is 23.2 Å². The smallest absolute Gasteiger partial charge is 0.329 e. The van der Waals surface area contributed by atoms with Crippen LogP contribution in [0.5, 0.6) is 0 Å². The maximum absolute atomic E-state index is 13.5. The molecule has 0 radical (unpaired) electrons. The van der Waals surface area contributed by atoms with Crippen molar-refractivity contribution in [2.45, 2.75) is 18.4 Å². The number of hydrogen-bond donors (Lipinski definition) is 2. The summed E-state index contributed by atoms with van der Waals surface area (Å²) in [5.74, 6) is -1.33. The van der Waals surface area contributed by atoms with Crippen LogP contribution in [0.3, 0.4) is 0 Å². The van der Waals surface area contributed by atoms with Gasteiger partial charge in [0.25, 0.3) is 5.91 Å². The molecule has 21 heavy (non-hydrogen) atoms. The highest BCUT2D eigenvalue weighted by atomic mass is 35.5. The number of carbonyl (C=O) groups is 2. The van der Waals surface area contributed by atoms with Crippen molar-refractivity contribution < 1.29 is 19.1 Å². The molecular weight excluding hydrogens is 340 g/mol. The van der Waals surface area contributed by atoms with Crippen LogP contribution in [-0.2, 0) is 4.79 Å². The zero-order valence-electron chi connectivity index (χ0n) is 10.8. The number of thioether (sulfide) groups is 1. The summed E-state index contributed by atoms with van der Waals surface area (Å²) in [6.45, 7) is 0. The zero-order valence-corrected chi connectivity index (χ0v) is 13.1. The number of carboxylic acid groups (broad SMARTS) is 1. The summed E-state index contributed by atoms with van der Waals surface area (Å²) in [5.41, 5.74) is -1.46. The summed E-state index contributed by atoms with van der Waals surface area (Å²) in [7, 11) is 0. The molecule has 1 aliphatic heterocycles. The lowest BCUT2D eigenvalue weighted by Crippen LogP contribution is -2.56. The van der Waals surface area contributed by atoms with Gasteiger partial charge in [-0.25, -0.2) is 9.18 Å². The summed E-state index contributed by atoms with van der Waals surface area (Å²) < 4.78 is 13.5. The lowest BCUT2D eigenvalue weighted by atomic mass is 9.92. The van der Waals surface area contributed by atoms with E-state index < -0.39 is 23.2 Å². The molecule has 0 aromatic heterocycles. The van der Waals surface area contributed by atoms with Gasteiger partial charge in [-0.05, 0) is 36.5 Å². The summed E-state index contributed by atoms with van der Waals surface area (Å²) in [6.07, 6.45) is 0.624. The van der Waals surface area contributed by atoms with Gasteiger partial charge in [0.15, 0.2) is 0 Å². The minimum Gasteiger partial charge on any atom is -0.480 e. The Labute approximate surface area is 135 Å². The Balaban J connectivity index is 2.28. The van der Waals surface area contributed by atoms with Crippen LogP contribution in [0.15, 0.2) is 12.1 Å². The molecule has 0 saturated carbocycles. The van der Waals surface area contributed by atoms with E-state index in [1.165, 1.54) is 0 Å². The van der Waals surface area contributed by atoms with Gasteiger partial charge in [0.05, 0.1) is 15.6 Å². The summed E-state index contributed by atoms with van der Waals surface area (Å²) in [5, 5.41) is 11.7. The second-order valence-corrected chi connectivity index (χ2v) is 6.74. The van der Waals surface area contributed by atoms with Gasteiger partial charge in [0.2, 0.25) is 0 Å². The van der Waals surface area contributed by atoms with Crippen molar-refractivity contribution in [3.05, 3.63) is 33.6 Å². The highest BCUT2D eigenvalue weighted by Gasteiger charge is 2.41. The molecule has 0 spiro atoms. The van der Waals surface area contributed by atoms with E-state index in [0.717, 1.165) is 12.1 Å². The first-order valence-electron chi connectivity index (χ1n) is 6.14. The maximum atomic E-state index is 13.5. The minimum atomic E-state index is -1.33. The van der Waals surface area contributed by atoms with Crippen LogP contribution in [0.2, 0.25) is 10.0 Å². The van der Waals surface area contributed by atoms with Gasteiger partial charge in [0, 0.05) is 0 Å². The first kappa shape index (κ1) is 16.4. The fraction of sp³-hybridized carbons (Fsp3) is 0.385. The Bertz CT molecular complexity index is 591. The van der Waals surface area contributed by atoms with E-state index in [2.05, 4.69) is 5.32 Å². The second-order valence-electron chi connectivity index (χ2n) is 4.70. The van der Waals surface area contributed by atoms with E-state index in [-0.39, 0.29) is 15.6 Å². The van der Waals surface area contributed by atoms with Crippen molar-refractivity contribution in [1.82, 2.24) is 5.32 Å². The molecular formula is C13H12Cl2FNO3S. The van der Waals surface area contributed by atoms with Gasteiger partial charge in [-0.3, -0.25) is 4.79 Å². The molecule has 0 atom stereocenters. The first-order valence-corrected chi connectivity index (χ1v) is 8.05.